The van der Waals surface area contributed by atoms with Crippen molar-refractivity contribution in [2.75, 3.05) is 0 Å². The molecule has 76 valence electrons. The van der Waals surface area contributed by atoms with E-state index in [1.807, 2.05) is 30.3 Å². The molecule has 0 aromatic carbocycles. The first-order valence-electron chi connectivity index (χ1n) is 4.54. The molecular formula is C11H10N2O2. The number of rotatable bonds is 1. The maximum Gasteiger partial charge on any atom is 0.258 e. The molecule has 0 unspecified atom stereocenters. The van der Waals surface area contributed by atoms with Gasteiger partial charge in [-0.3, -0.25) is 4.79 Å². The lowest BCUT2D eigenvalue weighted by molar-refractivity contribution is 0.319. The highest BCUT2D eigenvalue weighted by atomic mass is 16.4. The number of fused-ring (bicyclic) bond motifs is 1. The highest BCUT2D eigenvalue weighted by Gasteiger charge is 2.15. The van der Waals surface area contributed by atoms with Gasteiger partial charge in [0, 0.05) is 11.3 Å². The average molecular weight is 202 g/mol. The van der Waals surface area contributed by atoms with Crippen molar-refractivity contribution in [2.24, 2.45) is 5.16 Å². The van der Waals surface area contributed by atoms with Crippen LogP contribution in [0.5, 0.6) is 0 Å². The summed E-state index contributed by atoms with van der Waals surface area (Å²) in [5.74, 6) is 0. The zero-order valence-electron chi connectivity index (χ0n) is 8.19. The van der Waals surface area contributed by atoms with E-state index in [-0.39, 0.29) is 5.56 Å². The van der Waals surface area contributed by atoms with Crippen molar-refractivity contribution < 1.29 is 5.21 Å². The molecule has 0 aromatic heterocycles. The third-order valence-electron chi connectivity index (χ3n) is 2.29. The van der Waals surface area contributed by atoms with Crippen LogP contribution >= 0.6 is 0 Å². The molecule has 0 amide bonds. The molecule has 2 rings (SSSR count). The molecule has 0 bridgehead atoms. The fourth-order valence-electron chi connectivity index (χ4n) is 1.59. The molecule has 0 spiro atoms. The lowest BCUT2D eigenvalue weighted by atomic mass is 10.1. The number of H-pyrrole nitrogens is 1. The van der Waals surface area contributed by atoms with E-state index in [4.69, 9.17) is 5.21 Å². The normalized spacial score (nSPS) is 11.9. The molecular weight excluding hydrogens is 192 g/mol. The van der Waals surface area contributed by atoms with Gasteiger partial charge in [-0.05, 0) is 13.0 Å². The zero-order valence-corrected chi connectivity index (χ0v) is 8.19. The van der Waals surface area contributed by atoms with E-state index in [0.717, 1.165) is 11.3 Å². The number of nitrogens with zero attached hydrogens (tertiary/aromatic N) is 1. The van der Waals surface area contributed by atoms with Crippen LogP contribution in [0.15, 0.2) is 40.3 Å². The van der Waals surface area contributed by atoms with Gasteiger partial charge in [-0.1, -0.05) is 29.4 Å². The molecule has 0 saturated carbocycles. The summed E-state index contributed by atoms with van der Waals surface area (Å²) in [6.07, 6.45) is 0. The molecule has 0 aromatic rings. The minimum atomic E-state index is -0.230. The molecule has 2 aliphatic rings. The molecule has 4 heteroatoms. The van der Waals surface area contributed by atoms with Crippen molar-refractivity contribution in [2.45, 2.75) is 6.92 Å². The molecule has 2 N–H and O–H groups in total. The second kappa shape index (κ2) is 3.57. The van der Waals surface area contributed by atoms with Crippen LogP contribution < -0.4 is 5.56 Å². The van der Waals surface area contributed by atoms with E-state index < -0.39 is 0 Å². The van der Waals surface area contributed by atoms with Gasteiger partial charge in [0.05, 0.1) is 11.3 Å². The summed E-state index contributed by atoms with van der Waals surface area (Å²) >= 11 is 0. The Morgan fingerprint density at radius 1 is 1.33 bits per heavy atom. The topological polar surface area (TPSA) is 65.5 Å². The van der Waals surface area contributed by atoms with Crippen LogP contribution in [-0.2, 0) is 0 Å². The third-order valence-corrected chi connectivity index (χ3v) is 2.29. The molecule has 15 heavy (non-hydrogen) atoms. The summed E-state index contributed by atoms with van der Waals surface area (Å²) in [5, 5.41) is 11.7. The zero-order chi connectivity index (χ0) is 10.8. The van der Waals surface area contributed by atoms with Crippen LogP contribution in [0.2, 0.25) is 0 Å². The summed E-state index contributed by atoms with van der Waals surface area (Å²) in [4.78, 5) is 14.3. The number of oxime groups is 1. The summed E-state index contributed by atoms with van der Waals surface area (Å²) in [6, 6.07) is 9.17. The minimum absolute atomic E-state index is 0.230. The molecule has 0 atom stereocenters. The summed E-state index contributed by atoms with van der Waals surface area (Å²) in [5.41, 5.74) is 2.01. The maximum absolute atomic E-state index is 11.6. The Labute approximate surface area is 86.2 Å². The Hall–Kier alpha value is -2.10. The first-order chi connectivity index (χ1) is 7.24. The van der Waals surface area contributed by atoms with E-state index in [1.165, 1.54) is 0 Å². The predicted octanol–water partition coefficient (Wildman–Crippen LogP) is 1.68. The van der Waals surface area contributed by atoms with Crippen LogP contribution in [0.25, 0.3) is 11.3 Å². The highest BCUT2D eigenvalue weighted by Crippen LogP contribution is 2.20. The molecule has 0 radical (unpaired) electrons. The van der Waals surface area contributed by atoms with E-state index in [1.54, 1.807) is 6.92 Å². The Balaban J connectivity index is 2.80. The minimum Gasteiger partial charge on any atom is -0.411 e. The quantitative estimate of drug-likeness (QED) is 0.419. The van der Waals surface area contributed by atoms with Gasteiger partial charge >= 0.3 is 0 Å². The van der Waals surface area contributed by atoms with Crippen LogP contribution in [0.1, 0.15) is 12.5 Å². The predicted molar refractivity (Wildman–Crippen MR) is 57.7 cm³/mol. The number of aromatic amines is 1. The summed E-state index contributed by atoms with van der Waals surface area (Å²) in [6.45, 7) is 1.59. The van der Waals surface area contributed by atoms with Crippen molar-refractivity contribution in [1.29, 1.82) is 0 Å². The van der Waals surface area contributed by atoms with Gasteiger partial charge < -0.3 is 10.2 Å². The van der Waals surface area contributed by atoms with Gasteiger partial charge in [-0.15, -0.1) is 0 Å². The van der Waals surface area contributed by atoms with Crippen LogP contribution in [0, 0.1) is 0 Å². The van der Waals surface area contributed by atoms with Gasteiger partial charge in [0.25, 0.3) is 5.56 Å². The molecule has 4 nitrogen and oxygen atoms in total. The highest BCUT2D eigenvalue weighted by molar-refractivity contribution is 6.04. The fourth-order valence-corrected chi connectivity index (χ4v) is 1.59. The van der Waals surface area contributed by atoms with Gasteiger partial charge in [0.15, 0.2) is 0 Å². The second-order valence-electron chi connectivity index (χ2n) is 3.25. The summed E-state index contributed by atoms with van der Waals surface area (Å²) < 4.78 is 0. The average Bonchev–Trinajstić information content (AvgIpc) is 2.40. The number of hydrogen-bond donors (Lipinski definition) is 2. The lowest BCUT2D eigenvalue weighted by Gasteiger charge is -1.95. The first kappa shape index (κ1) is 9.45. The molecule has 1 heterocycles. The van der Waals surface area contributed by atoms with E-state index >= 15 is 0 Å². The van der Waals surface area contributed by atoms with Gasteiger partial charge in [-0.25, -0.2) is 0 Å². The van der Waals surface area contributed by atoms with E-state index in [9.17, 15) is 4.79 Å². The Kier molecular flexibility index (Phi) is 2.25. The Bertz CT molecular complexity index is 543. The number of nitrogens with one attached hydrogen (secondary N) is 1. The van der Waals surface area contributed by atoms with Crippen molar-refractivity contribution in [3.05, 3.63) is 46.2 Å². The van der Waals surface area contributed by atoms with E-state index in [0.29, 0.717) is 11.3 Å². The number of aromatic nitrogens is 1. The molecule has 0 fully saturated rings. The van der Waals surface area contributed by atoms with E-state index in [2.05, 4.69) is 10.1 Å². The molecule has 1 aliphatic carbocycles. The Morgan fingerprint density at radius 2 is 2.07 bits per heavy atom. The van der Waals surface area contributed by atoms with Crippen molar-refractivity contribution in [1.82, 2.24) is 4.98 Å². The lowest BCUT2D eigenvalue weighted by Crippen LogP contribution is -2.10. The van der Waals surface area contributed by atoms with Gasteiger partial charge in [-0.2, -0.15) is 0 Å². The second-order valence-corrected chi connectivity index (χ2v) is 3.25. The van der Waals surface area contributed by atoms with Crippen molar-refractivity contribution >= 4 is 5.71 Å². The Morgan fingerprint density at radius 3 is 2.80 bits per heavy atom. The monoisotopic (exact) mass is 202 g/mol. The summed E-state index contributed by atoms with van der Waals surface area (Å²) in [7, 11) is 0. The first-order valence-corrected chi connectivity index (χ1v) is 4.54. The smallest absolute Gasteiger partial charge is 0.258 e. The van der Waals surface area contributed by atoms with Crippen LogP contribution in [0.3, 0.4) is 0 Å². The fraction of sp³-hybridized carbons (Fsp3) is 0.0909. The number of hydrogen-bond acceptors (Lipinski definition) is 3. The molecule has 0 saturated heterocycles. The van der Waals surface area contributed by atoms with Gasteiger partial charge in [0.1, 0.15) is 0 Å². The standard InChI is InChI=1S/C11H10N2O2/c1-7(13-15)10-8-5-3-2-4-6-9(8)12-11(10)14/h2-6,15H,1H3,(H,12,14). The van der Waals surface area contributed by atoms with Crippen molar-refractivity contribution in [3.63, 3.8) is 0 Å². The third kappa shape index (κ3) is 1.50. The maximum atomic E-state index is 11.6. The SMILES string of the molecule is CC(=NO)c1c2cccccc-2[nH]c1=O. The molecule has 1 aliphatic heterocycles. The van der Waals surface area contributed by atoms with Crippen LogP contribution in [-0.4, -0.2) is 15.9 Å². The van der Waals surface area contributed by atoms with Crippen LogP contribution in [0.4, 0.5) is 0 Å². The van der Waals surface area contributed by atoms with Gasteiger partial charge in [0.2, 0.25) is 0 Å². The van der Waals surface area contributed by atoms with Crippen molar-refractivity contribution in [3.8, 4) is 11.3 Å². The largest absolute Gasteiger partial charge is 0.411 e.